The van der Waals surface area contributed by atoms with Gasteiger partial charge in [0.25, 0.3) is 5.91 Å². The topological polar surface area (TPSA) is 50.4 Å². The van der Waals surface area contributed by atoms with E-state index in [-0.39, 0.29) is 11.0 Å². The van der Waals surface area contributed by atoms with E-state index < -0.39 is 0 Å². The van der Waals surface area contributed by atoms with Gasteiger partial charge in [-0.1, -0.05) is 43.1 Å². The Labute approximate surface area is 162 Å². The molecule has 0 unspecified atom stereocenters. The van der Waals surface area contributed by atoms with Gasteiger partial charge in [0.2, 0.25) is 0 Å². The molecule has 2 N–H and O–H groups in total. The van der Waals surface area contributed by atoms with Crippen molar-refractivity contribution in [2.24, 2.45) is 5.92 Å². The molecule has 0 radical (unpaired) electrons. The van der Waals surface area contributed by atoms with Crippen LogP contribution in [0.1, 0.15) is 24.2 Å². The van der Waals surface area contributed by atoms with E-state index in [0.29, 0.717) is 39.6 Å². The summed E-state index contributed by atoms with van der Waals surface area (Å²) in [6.45, 7) is 4.70. The van der Waals surface area contributed by atoms with Gasteiger partial charge in [-0.3, -0.25) is 10.1 Å². The second-order valence-corrected chi connectivity index (χ2v) is 7.02. The molecule has 2 rings (SSSR count). The lowest BCUT2D eigenvalue weighted by molar-refractivity contribution is 0.0977. The van der Waals surface area contributed by atoms with Crippen molar-refractivity contribution in [3.63, 3.8) is 0 Å². The lowest BCUT2D eigenvalue weighted by Crippen LogP contribution is -2.34. The second kappa shape index (κ2) is 9.04. The number of amides is 1. The average molecular weight is 397 g/mol. The standard InChI is InChI=1S/C18H18Cl2N2O2S/c1-11(2)10-24-14-5-3-4-12(8-14)17(23)22-18(25)21-16-9-13(19)6-7-15(16)20/h3-9,11H,10H2,1-2H3,(H2,21,22,23,25). The smallest absolute Gasteiger partial charge is 0.257 e. The highest BCUT2D eigenvalue weighted by Crippen LogP contribution is 2.25. The SMILES string of the molecule is CC(C)COc1cccc(C(=O)NC(=S)Nc2cc(Cl)ccc2Cl)c1. The van der Waals surface area contributed by atoms with E-state index in [2.05, 4.69) is 24.5 Å². The van der Waals surface area contributed by atoms with E-state index in [1.807, 2.05) is 6.07 Å². The molecule has 0 bridgehead atoms. The third kappa shape index (κ3) is 6.20. The fourth-order valence-corrected chi connectivity index (χ4v) is 2.45. The monoisotopic (exact) mass is 396 g/mol. The molecule has 0 saturated heterocycles. The molecular weight excluding hydrogens is 379 g/mol. The molecule has 0 aliphatic rings. The number of carbonyl (C=O) groups excluding carboxylic acids is 1. The summed E-state index contributed by atoms with van der Waals surface area (Å²) in [6.07, 6.45) is 0. The third-order valence-corrected chi connectivity index (χ3v) is 3.85. The second-order valence-electron chi connectivity index (χ2n) is 5.77. The molecule has 7 heteroatoms. The molecule has 0 aromatic heterocycles. The number of benzene rings is 2. The summed E-state index contributed by atoms with van der Waals surface area (Å²) in [7, 11) is 0. The summed E-state index contributed by atoms with van der Waals surface area (Å²) in [5, 5.41) is 6.55. The fraction of sp³-hybridized carbons (Fsp3) is 0.222. The minimum absolute atomic E-state index is 0.127. The largest absolute Gasteiger partial charge is 0.493 e. The van der Waals surface area contributed by atoms with Gasteiger partial charge in [0.15, 0.2) is 5.11 Å². The Morgan fingerprint density at radius 3 is 2.68 bits per heavy atom. The number of thiocarbonyl (C=S) groups is 1. The molecule has 0 saturated carbocycles. The highest BCUT2D eigenvalue weighted by molar-refractivity contribution is 7.80. The zero-order chi connectivity index (χ0) is 18.4. The van der Waals surface area contributed by atoms with Crippen molar-refractivity contribution >= 4 is 52.1 Å². The molecule has 1 amide bonds. The van der Waals surface area contributed by atoms with E-state index >= 15 is 0 Å². The van der Waals surface area contributed by atoms with Crippen LogP contribution in [0, 0.1) is 5.92 Å². The van der Waals surface area contributed by atoms with E-state index in [1.165, 1.54) is 0 Å². The van der Waals surface area contributed by atoms with Crippen molar-refractivity contribution < 1.29 is 9.53 Å². The predicted molar refractivity (Wildman–Crippen MR) is 107 cm³/mol. The predicted octanol–water partition coefficient (Wildman–Crippen LogP) is 5.16. The van der Waals surface area contributed by atoms with Gasteiger partial charge < -0.3 is 10.1 Å². The quantitative estimate of drug-likeness (QED) is 0.685. The molecule has 0 aliphatic carbocycles. The first-order valence-electron chi connectivity index (χ1n) is 7.65. The van der Waals surface area contributed by atoms with Crippen LogP contribution in [0.15, 0.2) is 42.5 Å². The maximum absolute atomic E-state index is 12.3. The summed E-state index contributed by atoms with van der Waals surface area (Å²) < 4.78 is 5.63. The van der Waals surface area contributed by atoms with Crippen LogP contribution in [0.5, 0.6) is 5.75 Å². The minimum atomic E-state index is -0.342. The highest BCUT2D eigenvalue weighted by Gasteiger charge is 2.11. The molecule has 0 heterocycles. The number of halogens is 2. The van der Waals surface area contributed by atoms with Gasteiger partial charge in [0.1, 0.15) is 5.75 Å². The first kappa shape index (κ1) is 19.5. The van der Waals surface area contributed by atoms with Crippen LogP contribution in [-0.2, 0) is 0 Å². The molecule has 2 aromatic carbocycles. The Morgan fingerprint density at radius 1 is 1.20 bits per heavy atom. The number of nitrogens with one attached hydrogen (secondary N) is 2. The Hall–Kier alpha value is -1.82. The summed E-state index contributed by atoms with van der Waals surface area (Å²) in [4.78, 5) is 12.3. The Balaban J connectivity index is 2.00. The van der Waals surface area contributed by atoms with Crippen LogP contribution < -0.4 is 15.4 Å². The zero-order valence-corrected chi connectivity index (χ0v) is 16.1. The van der Waals surface area contributed by atoms with Crippen LogP contribution in [0.3, 0.4) is 0 Å². The van der Waals surface area contributed by atoms with Crippen molar-refractivity contribution in [1.82, 2.24) is 5.32 Å². The number of rotatable bonds is 5. The number of carbonyl (C=O) groups is 1. The Kier molecular flexibility index (Phi) is 7.05. The van der Waals surface area contributed by atoms with Crippen LogP contribution in [-0.4, -0.2) is 17.6 Å². The normalized spacial score (nSPS) is 10.4. The van der Waals surface area contributed by atoms with Crippen molar-refractivity contribution in [1.29, 1.82) is 0 Å². The third-order valence-electron chi connectivity index (χ3n) is 3.08. The first-order valence-corrected chi connectivity index (χ1v) is 8.82. The fourth-order valence-electron chi connectivity index (χ4n) is 1.91. The summed E-state index contributed by atoms with van der Waals surface area (Å²) in [5.41, 5.74) is 0.969. The van der Waals surface area contributed by atoms with Gasteiger partial charge in [0.05, 0.1) is 17.3 Å². The van der Waals surface area contributed by atoms with Gasteiger partial charge in [-0.05, 0) is 54.5 Å². The molecule has 4 nitrogen and oxygen atoms in total. The highest BCUT2D eigenvalue weighted by atomic mass is 35.5. The maximum Gasteiger partial charge on any atom is 0.257 e. The molecule has 25 heavy (non-hydrogen) atoms. The summed E-state index contributed by atoms with van der Waals surface area (Å²) in [5.74, 6) is 0.695. The lowest BCUT2D eigenvalue weighted by atomic mass is 10.2. The lowest BCUT2D eigenvalue weighted by Gasteiger charge is -2.12. The van der Waals surface area contributed by atoms with Gasteiger partial charge in [-0.25, -0.2) is 0 Å². The van der Waals surface area contributed by atoms with Crippen molar-refractivity contribution in [2.45, 2.75) is 13.8 Å². The number of anilines is 1. The number of hydrogen-bond acceptors (Lipinski definition) is 3. The van der Waals surface area contributed by atoms with Crippen LogP contribution >= 0.6 is 35.4 Å². The Bertz CT molecular complexity index is 781. The number of hydrogen-bond donors (Lipinski definition) is 2. The van der Waals surface area contributed by atoms with Crippen LogP contribution in [0.25, 0.3) is 0 Å². The van der Waals surface area contributed by atoms with Crippen molar-refractivity contribution in [3.05, 3.63) is 58.1 Å². The summed E-state index contributed by atoms with van der Waals surface area (Å²) in [6, 6.07) is 11.9. The zero-order valence-electron chi connectivity index (χ0n) is 13.8. The van der Waals surface area contributed by atoms with E-state index in [0.717, 1.165) is 0 Å². The molecule has 0 aliphatic heterocycles. The maximum atomic E-state index is 12.3. The van der Waals surface area contributed by atoms with Crippen LogP contribution in [0.4, 0.5) is 5.69 Å². The molecule has 132 valence electrons. The van der Waals surface area contributed by atoms with Crippen molar-refractivity contribution in [2.75, 3.05) is 11.9 Å². The Morgan fingerprint density at radius 2 is 1.96 bits per heavy atom. The van der Waals surface area contributed by atoms with Gasteiger partial charge >= 0.3 is 0 Å². The van der Waals surface area contributed by atoms with Crippen molar-refractivity contribution in [3.8, 4) is 5.75 Å². The first-order chi connectivity index (χ1) is 11.8. The van der Waals surface area contributed by atoms with Gasteiger partial charge in [-0.15, -0.1) is 0 Å². The molecular formula is C18H18Cl2N2O2S. The molecule has 0 fully saturated rings. The van der Waals surface area contributed by atoms with Crippen LogP contribution in [0.2, 0.25) is 10.0 Å². The van der Waals surface area contributed by atoms with Gasteiger partial charge in [0, 0.05) is 10.6 Å². The molecule has 0 spiro atoms. The molecule has 2 aromatic rings. The van der Waals surface area contributed by atoms with E-state index in [1.54, 1.807) is 36.4 Å². The molecule has 0 atom stereocenters. The van der Waals surface area contributed by atoms with Gasteiger partial charge in [-0.2, -0.15) is 0 Å². The summed E-state index contributed by atoms with van der Waals surface area (Å²) >= 11 is 17.2. The minimum Gasteiger partial charge on any atom is -0.493 e. The van der Waals surface area contributed by atoms with E-state index in [9.17, 15) is 4.79 Å². The number of ether oxygens (including phenoxy) is 1. The van der Waals surface area contributed by atoms with E-state index in [4.69, 9.17) is 40.2 Å². The average Bonchev–Trinajstić information content (AvgIpc) is 2.56.